The highest BCUT2D eigenvalue weighted by Gasteiger charge is 2.33. The smallest absolute Gasteiger partial charge is 0.383 e. The maximum atomic E-state index is 13.1. The molecule has 0 aliphatic rings. The molecule has 0 saturated heterocycles. The molecule has 3 aromatic rings. The minimum Gasteiger partial charge on any atom is -0.383 e. The lowest BCUT2D eigenvalue weighted by atomic mass is 10.1. The number of aromatic nitrogens is 3. The Kier molecular flexibility index (Phi) is 7.93. The van der Waals surface area contributed by atoms with E-state index in [-0.39, 0.29) is 22.1 Å². The van der Waals surface area contributed by atoms with Crippen molar-refractivity contribution < 1.29 is 22.8 Å². The molecule has 0 spiro atoms. The third kappa shape index (κ3) is 6.44. The third-order valence-electron chi connectivity index (χ3n) is 4.66. The molecule has 0 fully saturated rings. The van der Waals surface area contributed by atoms with Crippen LogP contribution in [-0.2, 0) is 12.7 Å². The van der Waals surface area contributed by atoms with Crippen LogP contribution >= 0.6 is 22.9 Å². The number of nitrogens with one attached hydrogen (secondary N) is 2. The summed E-state index contributed by atoms with van der Waals surface area (Å²) in [6.45, 7) is 2.02. The lowest BCUT2D eigenvalue weighted by molar-refractivity contribution is -0.137. The average molecular weight is 528 g/mol. The van der Waals surface area contributed by atoms with Crippen molar-refractivity contribution in [2.75, 3.05) is 25.1 Å². The van der Waals surface area contributed by atoms with Gasteiger partial charge in [-0.3, -0.25) is 9.59 Å². The topological polar surface area (TPSA) is 126 Å². The van der Waals surface area contributed by atoms with Crippen molar-refractivity contribution in [2.45, 2.75) is 25.7 Å². The molecule has 186 valence electrons. The predicted molar refractivity (Wildman–Crippen MR) is 126 cm³/mol. The molecule has 35 heavy (non-hydrogen) atoms. The molecule has 0 bridgehead atoms. The van der Waals surface area contributed by atoms with Crippen LogP contribution < -0.4 is 16.4 Å². The Bertz CT molecular complexity index is 1250. The zero-order valence-electron chi connectivity index (χ0n) is 18.8. The summed E-state index contributed by atoms with van der Waals surface area (Å²) < 4.78 is 39.2. The molecule has 9 nitrogen and oxygen atoms in total. The normalized spacial score (nSPS) is 12.5. The number of thiazole rings is 1. The predicted octanol–water partition coefficient (Wildman–Crippen LogP) is 3.99. The average Bonchev–Trinajstić information content (AvgIpc) is 3.26. The number of hydrogen-bond acceptors (Lipinski definition) is 8. The van der Waals surface area contributed by atoms with E-state index in [2.05, 4.69) is 25.6 Å². The Labute approximate surface area is 207 Å². The first-order chi connectivity index (χ1) is 16.4. The summed E-state index contributed by atoms with van der Waals surface area (Å²) in [5, 5.41) is 5.09. The van der Waals surface area contributed by atoms with E-state index >= 15 is 0 Å². The molecule has 2 heterocycles. The lowest BCUT2D eigenvalue weighted by Gasteiger charge is -2.16. The summed E-state index contributed by atoms with van der Waals surface area (Å²) in [6, 6.07) is 2.48. The zero-order chi connectivity index (χ0) is 25.9. The quantitative estimate of drug-likeness (QED) is 0.424. The number of hydrogen-bond donors (Lipinski definition) is 3. The number of amides is 2. The van der Waals surface area contributed by atoms with Crippen LogP contribution in [0.5, 0.6) is 0 Å². The molecule has 4 N–H and O–H groups in total. The second-order valence-electron chi connectivity index (χ2n) is 7.73. The number of halogens is 4. The Morgan fingerprint density at radius 2 is 1.91 bits per heavy atom. The molecule has 1 aromatic carbocycles. The Morgan fingerprint density at radius 1 is 1.20 bits per heavy atom. The number of anilines is 2. The largest absolute Gasteiger partial charge is 0.417 e. The van der Waals surface area contributed by atoms with Crippen molar-refractivity contribution in [1.29, 1.82) is 0 Å². The molecule has 1 unspecified atom stereocenters. The molecular formula is C21H21ClF3N7O2S. The van der Waals surface area contributed by atoms with E-state index in [0.717, 1.165) is 23.5 Å². The van der Waals surface area contributed by atoms with Gasteiger partial charge < -0.3 is 21.3 Å². The second kappa shape index (κ2) is 10.5. The van der Waals surface area contributed by atoms with E-state index in [1.807, 2.05) is 19.0 Å². The number of alkyl halides is 3. The number of nitrogen functional groups attached to an aromatic ring is 1. The van der Waals surface area contributed by atoms with Crippen LogP contribution in [0.25, 0.3) is 0 Å². The molecule has 14 heteroatoms. The summed E-state index contributed by atoms with van der Waals surface area (Å²) in [4.78, 5) is 39.5. The Hall–Kier alpha value is -3.29. The maximum absolute atomic E-state index is 13.1. The molecule has 0 radical (unpaired) electrons. The summed E-state index contributed by atoms with van der Waals surface area (Å²) in [5.74, 6) is -0.958. The van der Waals surface area contributed by atoms with Gasteiger partial charge in [0.05, 0.1) is 22.8 Å². The van der Waals surface area contributed by atoms with Crippen LogP contribution in [0, 0.1) is 0 Å². The molecular weight excluding hydrogens is 507 g/mol. The lowest BCUT2D eigenvalue weighted by Crippen LogP contribution is -2.30. The van der Waals surface area contributed by atoms with Gasteiger partial charge in [-0.05, 0) is 39.2 Å². The first kappa shape index (κ1) is 26.3. The monoisotopic (exact) mass is 527 g/mol. The highest BCUT2D eigenvalue weighted by atomic mass is 35.5. The first-order valence-electron chi connectivity index (χ1n) is 10.1. The van der Waals surface area contributed by atoms with Gasteiger partial charge in [0.2, 0.25) is 0 Å². The molecule has 2 aromatic heterocycles. The maximum Gasteiger partial charge on any atom is 0.417 e. The van der Waals surface area contributed by atoms with Crippen molar-refractivity contribution in [2.24, 2.45) is 0 Å². The summed E-state index contributed by atoms with van der Waals surface area (Å²) >= 11 is 6.59. The fourth-order valence-electron chi connectivity index (χ4n) is 3.03. The zero-order valence-corrected chi connectivity index (χ0v) is 20.3. The van der Waals surface area contributed by atoms with Crippen molar-refractivity contribution in [1.82, 2.24) is 25.2 Å². The van der Waals surface area contributed by atoms with Gasteiger partial charge in [-0.25, -0.2) is 15.0 Å². The van der Waals surface area contributed by atoms with Crippen molar-refractivity contribution in [3.8, 4) is 0 Å². The van der Waals surface area contributed by atoms with Gasteiger partial charge in [0.1, 0.15) is 27.7 Å². The van der Waals surface area contributed by atoms with Crippen LogP contribution in [0.2, 0.25) is 5.02 Å². The number of carbonyl (C=O) groups is 2. The van der Waals surface area contributed by atoms with Crippen LogP contribution in [0.1, 0.15) is 49.3 Å². The SMILES string of the molecule is CC(NC(=O)c1ncnc(N)c1CN(C)C)c1ncc(C(=O)Nc2ccc(Cl)c(C(F)(F)F)c2)s1. The van der Waals surface area contributed by atoms with Gasteiger partial charge in [0.25, 0.3) is 11.8 Å². The summed E-state index contributed by atoms with van der Waals surface area (Å²) in [6.07, 6.45) is -2.19. The van der Waals surface area contributed by atoms with Crippen LogP contribution in [0.3, 0.4) is 0 Å². The van der Waals surface area contributed by atoms with Gasteiger partial charge in [-0.1, -0.05) is 11.6 Å². The van der Waals surface area contributed by atoms with E-state index in [9.17, 15) is 22.8 Å². The fraction of sp³-hybridized carbons (Fsp3) is 0.286. The molecule has 0 aliphatic heterocycles. The third-order valence-corrected chi connectivity index (χ3v) is 6.17. The summed E-state index contributed by atoms with van der Waals surface area (Å²) in [5.41, 5.74) is 5.37. The number of nitrogens with zero attached hydrogens (tertiary/aromatic N) is 4. The highest BCUT2D eigenvalue weighted by Crippen LogP contribution is 2.36. The standard InChI is InChI=1S/C21H21ClF3N7O2S/c1-10(30-19(34)16-12(8-32(2)3)17(26)29-9-28-16)20-27-7-15(35-20)18(33)31-11-4-5-14(22)13(6-11)21(23,24)25/h4-7,9-10H,8H2,1-3H3,(H,30,34)(H,31,33)(H2,26,28,29). The first-order valence-corrected chi connectivity index (χ1v) is 11.2. The van der Waals surface area contributed by atoms with Crippen molar-refractivity contribution >= 4 is 46.3 Å². The fourth-order valence-corrected chi connectivity index (χ4v) is 4.07. The van der Waals surface area contributed by atoms with Crippen LogP contribution in [0.4, 0.5) is 24.7 Å². The number of nitrogens with two attached hydrogens (primary N) is 1. The van der Waals surface area contributed by atoms with E-state index in [1.54, 1.807) is 6.92 Å². The van der Waals surface area contributed by atoms with Crippen LogP contribution in [-0.4, -0.2) is 45.8 Å². The van der Waals surface area contributed by atoms with E-state index in [4.69, 9.17) is 17.3 Å². The second-order valence-corrected chi connectivity index (χ2v) is 9.20. The molecule has 1 atom stereocenters. The highest BCUT2D eigenvalue weighted by molar-refractivity contribution is 7.13. The number of carbonyl (C=O) groups excluding carboxylic acids is 2. The summed E-state index contributed by atoms with van der Waals surface area (Å²) in [7, 11) is 3.62. The molecule has 0 aliphatic carbocycles. The van der Waals surface area contributed by atoms with Crippen molar-refractivity contribution in [3.05, 3.63) is 62.5 Å². The van der Waals surface area contributed by atoms with Gasteiger partial charge in [-0.2, -0.15) is 13.2 Å². The molecule has 0 saturated carbocycles. The van der Waals surface area contributed by atoms with Crippen LogP contribution in [0.15, 0.2) is 30.7 Å². The number of benzene rings is 1. The van der Waals surface area contributed by atoms with Gasteiger partial charge in [0.15, 0.2) is 0 Å². The minimum atomic E-state index is -4.66. The Morgan fingerprint density at radius 3 is 2.57 bits per heavy atom. The molecule has 3 rings (SSSR count). The van der Waals surface area contributed by atoms with Crippen molar-refractivity contribution in [3.63, 3.8) is 0 Å². The van der Waals surface area contributed by atoms with E-state index in [1.165, 1.54) is 18.6 Å². The van der Waals surface area contributed by atoms with E-state index < -0.39 is 34.6 Å². The Balaban J connectivity index is 1.72. The number of rotatable bonds is 7. The van der Waals surface area contributed by atoms with Gasteiger partial charge >= 0.3 is 6.18 Å². The molecule has 2 amide bonds. The van der Waals surface area contributed by atoms with E-state index in [0.29, 0.717) is 17.1 Å². The van der Waals surface area contributed by atoms with Gasteiger partial charge in [-0.15, -0.1) is 11.3 Å². The van der Waals surface area contributed by atoms with Gasteiger partial charge in [0, 0.05) is 17.8 Å². The minimum absolute atomic E-state index is 0.0715.